The van der Waals surface area contributed by atoms with Crippen molar-refractivity contribution in [3.63, 3.8) is 0 Å². The molecule has 1 aromatic heterocycles. The third-order valence-electron chi connectivity index (χ3n) is 3.43. The van der Waals surface area contributed by atoms with Gasteiger partial charge in [0.1, 0.15) is 0 Å². The summed E-state index contributed by atoms with van der Waals surface area (Å²) in [4.78, 5) is 0. The van der Waals surface area contributed by atoms with E-state index in [0.29, 0.717) is 0 Å². The summed E-state index contributed by atoms with van der Waals surface area (Å²) in [5, 5.41) is 14.7. The van der Waals surface area contributed by atoms with Crippen molar-refractivity contribution in [2.75, 3.05) is 0 Å². The number of aryl methyl sites for hydroxylation is 1. The van der Waals surface area contributed by atoms with Gasteiger partial charge in [-0.05, 0) is 12.0 Å². The highest BCUT2D eigenvalue weighted by molar-refractivity contribution is 5.72. The Kier molecular flexibility index (Phi) is 4.17. The van der Waals surface area contributed by atoms with Gasteiger partial charge in [-0.15, -0.1) is 5.10 Å². The molecule has 0 radical (unpaired) electrons. The Bertz CT molecular complexity index is 565. The van der Waals surface area contributed by atoms with Gasteiger partial charge in [0.2, 0.25) is 5.88 Å². The second-order valence-electron chi connectivity index (χ2n) is 6.24. The van der Waals surface area contributed by atoms with Crippen molar-refractivity contribution < 1.29 is 5.11 Å². The average molecular weight is 272 g/mol. The molecule has 0 fully saturated rings. The van der Waals surface area contributed by atoms with Crippen LogP contribution in [0.3, 0.4) is 0 Å². The fraction of sp³-hybridized carbons (Fsp3) is 0.471. The predicted molar refractivity (Wildman–Crippen MR) is 82.9 cm³/mol. The first-order valence-corrected chi connectivity index (χ1v) is 7.30. The summed E-state index contributed by atoms with van der Waals surface area (Å²) in [5.41, 5.74) is 2.94. The van der Waals surface area contributed by atoms with E-state index in [1.165, 1.54) is 0 Å². The minimum atomic E-state index is -0.0626. The van der Waals surface area contributed by atoms with Crippen molar-refractivity contribution in [1.29, 1.82) is 0 Å². The third-order valence-corrected chi connectivity index (χ3v) is 3.43. The highest BCUT2D eigenvalue weighted by Gasteiger charge is 2.27. The van der Waals surface area contributed by atoms with E-state index in [1.54, 1.807) is 0 Å². The number of hydrogen-bond acceptors (Lipinski definition) is 2. The van der Waals surface area contributed by atoms with Crippen LogP contribution in [0.4, 0.5) is 0 Å². The van der Waals surface area contributed by atoms with Crippen molar-refractivity contribution >= 4 is 0 Å². The van der Waals surface area contributed by atoms with Crippen molar-refractivity contribution in [1.82, 2.24) is 9.78 Å². The molecule has 0 aliphatic carbocycles. The van der Waals surface area contributed by atoms with Crippen LogP contribution in [0.2, 0.25) is 0 Å². The average Bonchev–Trinajstić information content (AvgIpc) is 2.74. The smallest absolute Gasteiger partial charge is 0.238 e. The molecule has 0 aliphatic heterocycles. The molecule has 0 saturated heterocycles. The van der Waals surface area contributed by atoms with Crippen LogP contribution < -0.4 is 0 Å². The van der Waals surface area contributed by atoms with Gasteiger partial charge in [-0.2, -0.15) is 0 Å². The molecule has 3 nitrogen and oxygen atoms in total. The van der Waals surface area contributed by atoms with Gasteiger partial charge >= 0.3 is 0 Å². The van der Waals surface area contributed by atoms with Gasteiger partial charge in [0.25, 0.3) is 0 Å². The number of aromatic nitrogens is 2. The number of rotatable bonds is 4. The van der Waals surface area contributed by atoms with Crippen molar-refractivity contribution in [3.8, 4) is 17.0 Å². The number of nitrogens with zero attached hydrogens (tertiary/aromatic N) is 2. The maximum absolute atomic E-state index is 10.3. The van der Waals surface area contributed by atoms with Crippen molar-refractivity contribution in [3.05, 3.63) is 36.0 Å². The Morgan fingerprint density at radius 1 is 1.15 bits per heavy atom. The lowest BCUT2D eigenvalue weighted by Crippen LogP contribution is -2.19. The maximum Gasteiger partial charge on any atom is 0.238 e. The number of aromatic hydroxyl groups is 1. The lowest BCUT2D eigenvalue weighted by atomic mass is 9.87. The molecule has 2 rings (SSSR count). The monoisotopic (exact) mass is 272 g/mol. The first kappa shape index (κ1) is 14.6. The Morgan fingerprint density at radius 3 is 2.35 bits per heavy atom. The number of hydrogen-bond donors (Lipinski definition) is 1. The molecule has 0 bridgehead atoms. The lowest BCUT2D eigenvalue weighted by Gasteiger charge is -2.22. The molecule has 0 aliphatic rings. The topological polar surface area (TPSA) is 38.0 Å². The molecule has 0 amide bonds. The molecule has 2 aromatic rings. The molecule has 108 valence electrons. The summed E-state index contributed by atoms with van der Waals surface area (Å²) in [5.74, 6) is 0.136. The Hall–Kier alpha value is -1.77. The molecule has 1 aromatic carbocycles. The number of unbranched alkanes of at least 4 members (excludes halogenated alkanes) is 1. The zero-order chi connectivity index (χ0) is 14.8. The van der Waals surface area contributed by atoms with Gasteiger partial charge in [0, 0.05) is 12.0 Å². The van der Waals surface area contributed by atoms with Crippen LogP contribution in [-0.4, -0.2) is 14.9 Å². The first-order valence-electron chi connectivity index (χ1n) is 7.30. The summed E-state index contributed by atoms with van der Waals surface area (Å²) in [6.07, 6.45) is 2.18. The highest BCUT2D eigenvalue weighted by atomic mass is 16.3. The minimum absolute atomic E-state index is 0.0626. The van der Waals surface area contributed by atoms with Crippen LogP contribution in [0.1, 0.15) is 46.2 Å². The molecule has 0 spiro atoms. The highest BCUT2D eigenvalue weighted by Crippen LogP contribution is 2.38. The fourth-order valence-corrected chi connectivity index (χ4v) is 2.55. The van der Waals surface area contributed by atoms with E-state index in [9.17, 15) is 5.11 Å². The van der Waals surface area contributed by atoms with Crippen molar-refractivity contribution in [2.45, 2.75) is 52.5 Å². The minimum Gasteiger partial charge on any atom is -0.492 e. The summed E-state index contributed by atoms with van der Waals surface area (Å²) in [6, 6.07) is 10.0. The normalized spacial score (nSPS) is 11.8. The van der Waals surface area contributed by atoms with E-state index in [2.05, 4.69) is 32.8 Å². The predicted octanol–water partition coefficient (Wildman–Crippen LogP) is 4.35. The quantitative estimate of drug-likeness (QED) is 0.898. The zero-order valence-electron chi connectivity index (χ0n) is 12.8. The number of benzene rings is 1. The Morgan fingerprint density at radius 2 is 1.80 bits per heavy atom. The van der Waals surface area contributed by atoms with E-state index < -0.39 is 0 Å². The second kappa shape index (κ2) is 5.70. The lowest BCUT2D eigenvalue weighted by molar-refractivity contribution is 0.426. The van der Waals surface area contributed by atoms with Crippen LogP contribution in [0.25, 0.3) is 11.1 Å². The van der Waals surface area contributed by atoms with Crippen LogP contribution in [0, 0.1) is 0 Å². The Labute approximate surface area is 121 Å². The first-order chi connectivity index (χ1) is 9.45. The summed E-state index contributed by atoms with van der Waals surface area (Å²) in [7, 11) is 0. The van der Waals surface area contributed by atoms with Gasteiger partial charge in [0.05, 0.1) is 11.3 Å². The summed E-state index contributed by atoms with van der Waals surface area (Å²) in [6.45, 7) is 9.51. The second-order valence-corrected chi connectivity index (χ2v) is 6.24. The molecular weight excluding hydrogens is 248 g/mol. The SMILES string of the molecule is CCCCn1nc(O)c(-c2ccccc2)c1C(C)(C)C. The molecule has 0 atom stereocenters. The summed E-state index contributed by atoms with van der Waals surface area (Å²) >= 11 is 0. The van der Waals surface area contributed by atoms with Gasteiger partial charge in [0.15, 0.2) is 0 Å². The van der Waals surface area contributed by atoms with E-state index in [0.717, 1.165) is 36.2 Å². The zero-order valence-corrected chi connectivity index (χ0v) is 12.8. The Balaban J connectivity index is 2.59. The molecule has 1 heterocycles. The van der Waals surface area contributed by atoms with E-state index in [1.807, 2.05) is 35.0 Å². The van der Waals surface area contributed by atoms with E-state index >= 15 is 0 Å². The largest absolute Gasteiger partial charge is 0.492 e. The standard InChI is InChI=1S/C17H24N2O/c1-5-6-12-19-15(17(2,3)4)14(16(20)18-19)13-10-8-7-9-11-13/h7-11H,5-6,12H2,1-4H3,(H,18,20). The van der Waals surface area contributed by atoms with Crippen LogP contribution >= 0.6 is 0 Å². The van der Waals surface area contributed by atoms with Crippen LogP contribution in [0.5, 0.6) is 5.88 Å². The van der Waals surface area contributed by atoms with E-state index in [-0.39, 0.29) is 11.3 Å². The van der Waals surface area contributed by atoms with Crippen LogP contribution in [-0.2, 0) is 12.0 Å². The molecular formula is C17H24N2O. The molecule has 1 N–H and O–H groups in total. The van der Waals surface area contributed by atoms with Gasteiger partial charge < -0.3 is 5.11 Å². The van der Waals surface area contributed by atoms with Gasteiger partial charge in [-0.3, -0.25) is 4.68 Å². The van der Waals surface area contributed by atoms with Crippen LogP contribution in [0.15, 0.2) is 30.3 Å². The molecule has 0 unspecified atom stereocenters. The van der Waals surface area contributed by atoms with Gasteiger partial charge in [-0.1, -0.05) is 64.4 Å². The van der Waals surface area contributed by atoms with Gasteiger partial charge in [-0.25, -0.2) is 0 Å². The fourth-order valence-electron chi connectivity index (χ4n) is 2.55. The molecule has 3 heteroatoms. The van der Waals surface area contributed by atoms with Crippen molar-refractivity contribution in [2.24, 2.45) is 0 Å². The molecule has 0 saturated carbocycles. The molecule has 20 heavy (non-hydrogen) atoms. The third kappa shape index (κ3) is 2.87. The van der Waals surface area contributed by atoms with E-state index in [4.69, 9.17) is 0 Å². The maximum atomic E-state index is 10.3. The summed E-state index contributed by atoms with van der Waals surface area (Å²) < 4.78 is 1.97.